The van der Waals surface area contributed by atoms with E-state index in [-0.39, 0.29) is 0 Å². The quantitative estimate of drug-likeness (QED) is 0.150. The lowest BCUT2D eigenvalue weighted by Crippen LogP contribution is -2.36. The second-order valence-corrected chi connectivity index (χ2v) is 18.7. The molecular weight excluding hydrogens is 845 g/mol. The largest absolute Gasteiger partial charge is 0.310 e. The van der Waals surface area contributed by atoms with Crippen LogP contribution in [-0.4, -0.2) is 0 Å². The Hall–Kier alpha value is -8.98. The van der Waals surface area contributed by atoms with Crippen LogP contribution in [0.15, 0.2) is 279 Å². The molecule has 11 aromatic carbocycles. The minimum atomic E-state index is -0.611. The van der Waals surface area contributed by atoms with E-state index in [4.69, 9.17) is 0 Å². The lowest BCUT2D eigenvalue weighted by atomic mass is 9.65. The number of anilines is 6. The molecule has 2 aliphatic carbocycles. The summed E-state index contributed by atoms with van der Waals surface area (Å²) in [6, 6.07) is 104. The van der Waals surface area contributed by atoms with Crippen LogP contribution >= 0.6 is 0 Å². The highest BCUT2D eigenvalue weighted by Gasteiger charge is 2.53. The fraction of sp³-hybridized carbons (Fsp3) is 0.0294. The summed E-state index contributed by atoms with van der Waals surface area (Å²) in [5.41, 5.74) is 23.2. The summed E-state index contributed by atoms with van der Waals surface area (Å²) in [7, 11) is 0. The molecule has 0 radical (unpaired) electrons. The number of fused-ring (bicyclic) bond motifs is 8. The fourth-order valence-corrected chi connectivity index (χ4v) is 12.6. The summed E-state index contributed by atoms with van der Waals surface area (Å²) in [5, 5.41) is 0. The zero-order valence-corrected chi connectivity index (χ0v) is 38.5. The van der Waals surface area contributed by atoms with Gasteiger partial charge in [0.05, 0.1) is 27.9 Å². The average Bonchev–Trinajstić information content (AvgIpc) is 3.91. The van der Waals surface area contributed by atoms with Gasteiger partial charge in [0.2, 0.25) is 0 Å². The van der Waals surface area contributed by atoms with E-state index in [9.17, 15) is 0 Å². The Morgan fingerprint density at radius 2 is 0.729 bits per heavy atom. The lowest BCUT2D eigenvalue weighted by molar-refractivity contribution is 0.753. The van der Waals surface area contributed by atoms with Crippen molar-refractivity contribution in [1.29, 1.82) is 0 Å². The van der Waals surface area contributed by atoms with E-state index >= 15 is 0 Å². The fourth-order valence-electron chi connectivity index (χ4n) is 12.6. The average molecular weight is 891 g/mol. The molecule has 14 rings (SSSR count). The van der Waals surface area contributed by atoms with Crippen LogP contribution in [0.5, 0.6) is 0 Å². The van der Waals surface area contributed by atoms with Gasteiger partial charge >= 0.3 is 0 Å². The molecule has 2 heteroatoms. The third-order valence-electron chi connectivity index (χ3n) is 15.3. The second-order valence-electron chi connectivity index (χ2n) is 18.7. The van der Waals surface area contributed by atoms with Crippen LogP contribution in [-0.2, 0) is 10.8 Å². The van der Waals surface area contributed by atoms with Crippen LogP contribution in [0, 0.1) is 0 Å². The zero-order valence-electron chi connectivity index (χ0n) is 38.5. The van der Waals surface area contributed by atoms with Gasteiger partial charge in [0.25, 0.3) is 0 Å². The molecular formula is C68H46N2. The molecule has 0 N–H and O–H groups in total. The first kappa shape index (κ1) is 40.1. The minimum absolute atomic E-state index is 0.557. The van der Waals surface area contributed by atoms with Gasteiger partial charge in [0.1, 0.15) is 0 Å². The molecule has 0 amide bonds. The lowest BCUT2D eigenvalue weighted by Gasteiger charge is -2.44. The Balaban J connectivity index is 1.06. The topological polar surface area (TPSA) is 6.48 Å². The summed E-state index contributed by atoms with van der Waals surface area (Å²) in [5.74, 6) is 0. The van der Waals surface area contributed by atoms with Crippen molar-refractivity contribution < 1.29 is 0 Å². The molecule has 0 saturated carbocycles. The molecule has 70 heavy (non-hydrogen) atoms. The van der Waals surface area contributed by atoms with E-state index in [1.807, 2.05) is 0 Å². The molecule has 0 aromatic heterocycles. The number of hydrogen-bond donors (Lipinski definition) is 0. The van der Waals surface area contributed by atoms with E-state index in [1.165, 1.54) is 83.7 Å². The van der Waals surface area contributed by atoms with Gasteiger partial charge in [-0.2, -0.15) is 0 Å². The van der Waals surface area contributed by atoms with Crippen molar-refractivity contribution in [2.75, 3.05) is 9.80 Å². The highest BCUT2D eigenvalue weighted by Crippen LogP contribution is 2.66. The molecule has 11 aromatic rings. The van der Waals surface area contributed by atoms with Crippen molar-refractivity contribution in [2.45, 2.75) is 10.8 Å². The first-order valence-corrected chi connectivity index (χ1v) is 24.3. The SMILES string of the molecule is c1ccc(-c2ccccc2N(c2ccc3c(c2)C(c2ccccc2)(c2ccccc2)c2ccccc2-3)c2ccc3c(c2)C2(c4ccccc4)c4ccccc4N(c4ccccc4)c4cccc-3c42)cc1. The van der Waals surface area contributed by atoms with Crippen LogP contribution in [0.25, 0.3) is 33.4 Å². The van der Waals surface area contributed by atoms with Gasteiger partial charge < -0.3 is 9.80 Å². The predicted molar refractivity (Wildman–Crippen MR) is 289 cm³/mol. The number of nitrogens with zero attached hydrogens (tertiary/aromatic N) is 2. The van der Waals surface area contributed by atoms with Crippen LogP contribution in [0.4, 0.5) is 34.1 Å². The van der Waals surface area contributed by atoms with Crippen molar-refractivity contribution >= 4 is 34.1 Å². The molecule has 2 nitrogen and oxygen atoms in total. The van der Waals surface area contributed by atoms with Crippen molar-refractivity contribution in [3.63, 3.8) is 0 Å². The molecule has 0 spiro atoms. The highest BCUT2D eigenvalue weighted by molar-refractivity contribution is 6.01. The van der Waals surface area contributed by atoms with E-state index in [1.54, 1.807) is 0 Å². The Bertz CT molecular complexity index is 3730. The maximum Gasteiger partial charge on any atom is 0.0755 e. The van der Waals surface area contributed by atoms with Gasteiger partial charge in [-0.3, -0.25) is 0 Å². The summed E-state index contributed by atoms with van der Waals surface area (Å²) in [4.78, 5) is 5.00. The second kappa shape index (κ2) is 15.8. The van der Waals surface area contributed by atoms with Crippen LogP contribution in [0.2, 0.25) is 0 Å². The zero-order chi connectivity index (χ0) is 46.2. The molecule has 1 atom stereocenters. The molecule has 1 heterocycles. The first-order chi connectivity index (χ1) is 34.8. The maximum absolute atomic E-state index is 2.53. The maximum atomic E-state index is 2.53. The third-order valence-corrected chi connectivity index (χ3v) is 15.3. The van der Waals surface area contributed by atoms with Crippen molar-refractivity contribution in [3.05, 3.63) is 324 Å². The standard InChI is InChI=1S/C68H46N2/c1-6-23-47(24-7-1)54-33-17-20-38-63(54)69(52-41-43-56-55-34-16-18-36-59(55)67(61(56)45-52,48-25-8-2-9-26-48)49-27-10-3-11-28-49)53-42-44-57-58-35-22-40-65-66(58)68(62(57)46-53,50-29-12-4-13-30-50)60-37-19-21-39-64(60)70(65)51-31-14-5-15-32-51/h1-46H. The highest BCUT2D eigenvalue weighted by atomic mass is 15.2. The summed E-state index contributed by atoms with van der Waals surface area (Å²) in [6.45, 7) is 0. The van der Waals surface area contributed by atoms with Gasteiger partial charge in [-0.25, -0.2) is 0 Å². The minimum Gasteiger partial charge on any atom is -0.310 e. The van der Waals surface area contributed by atoms with Crippen molar-refractivity contribution in [3.8, 4) is 33.4 Å². The Morgan fingerprint density at radius 1 is 0.286 bits per heavy atom. The Morgan fingerprint density at radius 3 is 1.37 bits per heavy atom. The summed E-state index contributed by atoms with van der Waals surface area (Å²) >= 11 is 0. The molecule has 0 saturated heterocycles. The normalized spacial score (nSPS) is 15.3. The smallest absolute Gasteiger partial charge is 0.0755 e. The Kier molecular flexibility index (Phi) is 9.06. The summed E-state index contributed by atoms with van der Waals surface area (Å²) < 4.78 is 0. The number of benzene rings is 11. The third kappa shape index (κ3) is 5.62. The molecule has 0 fully saturated rings. The van der Waals surface area contributed by atoms with Gasteiger partial charge in [0.15, 0.2) is 0 Å². The van der Waals surface area contributed by atoms with Crippen LogP contribution < -0.4 is 9.80 Å². The number of hydrogen-bond acceptors (Lipinski definition) is 2. The van der Waals surface area contributed by atoms with Crippen molar-refractivity contribution in [2.24, 2.45) is 0 Å². The first-order valence-electron chi connectivity index (χ1n) is 24.3. The molecule has 328 valence electrons. The van der Waals surface area contributed by atoms with Crippen LogP contribution in [0.1, 0.15) is 44.5 Å². The van der Waals surface area contributed by atoms with E-state index in [2.05, 4.69) is 289 Å². The number of para-hydroxylation sites is 3. The molecule has 0 bridgehead atoms. The van der Waals surface area contributed by atoms with Gasteiger partial charge in [-0.1, -0.05) is 224 Å². The summed E-state index contributed by atoms with van der Waals surface area (Å²) in [6.07, 6.45) is 0. The van der Waals surface area contributed by atoms with Gasteiger partial charge in [0, 0.05) is 28.2 Å². The van der Waals surface area contributed by atoms with E-state index in [0.29, 0.717) is 0 Å². The van der Waals surface area contributed by atoms with Crippen molar-refractivity contribution in [1.82, 2.24) is 0 Å². The van der Waals surface area contributed by atoms with Gasteiger partial charge in [-0.15, -0.1) is 0 Å². The molecule has 3 aliphatic rings. The van der Waals surface area contributed by atoms with Gasteiger partial charge in [-0.05, 0) is 121 Å². The van der Waals surface area contributed by atoms with E-state index in [0.717, 1.165) is 28.3 Å². The molecule has 1 aliphatic heterocycles. The Labute approximate surface area is 409 Å². The molecule has 1 unspecified atom stereocenters. The van der Waals surface area contributed by atoms with Crippen LogP contribution in [0.3, 0.4) is 0 Å². The number of rotatable bonds is 8. The monoisotopic (exact) mass is 890 g/mol. The van der Waals surface area contributed by atoms with E-state index < -0.39 is 10.8 Å². The predicted octanol–water partition coefficient (Wildman–Crippen LogP) is 17.3.